The molecule has 2 aliphatic rings. The Bertz CT molecular complexity index is 124. The summed E-state index contributed by atoms with van der Waals surface area (Å²) in [6, 6.07) is 0. The summed E-state index contributed by atoms with van der Waals surface area (Å²) in [5, 5.41) is 3.45. The molecule has 1 N–H and O–H groups in total. The Morgan fingerprint density at radius 1 is 1.00 bits per heavy atom. The van der Waals surface area contributed by atoms with E-state index in [9.17, 15) is 0 Å². The van der Waals surface area contributed by atoms with Gasteiger partial charge in [-0.25, -0.2) is 0 Å². The lowest BCUT2D eigenvalue weighted by Gasteiger charge is -2.19. The van der Waals surface area contributed by atoms with Crippen molar-refractivity contribution >= 4 is 0 Å². The van der Waals surface area contributed by atoms with Gasteiger partial charge in [-0.15, -0.1) is 0 Å². The molecule has 2 saturated heterocycles. The molecule has 2 rings (SSSR count). The van der Waals surface area contributed by atoms with E-state index in [4.69, 9.17) is 4.74 Å². The number of nitrogens with one attached hydrogen (secondary N) is 1. The van der Waals surface area contributed by atoms with Gasteiger partial charge in [-0.3, -0.25) is 0 Å². The molecule has 0 saturated carbocycles. The molecule has 2 nitrogen and oxygen atoms in total. The van der Waals surface area contributed by atoms with E-state index in [0.29, 0.717) is 0 Å². The van der Waals surface area contributed by atoms with Gasteiger partial charge in [0.2, 0.25) is 0 Å². The highest BCUT2D eigenvalue weighted by Crippen LogP contribution is 2.27. The highest BCUT2D eigenvalue weighted by atomic mass is 16.5. The maximum Gasteiger partial charge on any atom is 0.0468 e. The summed E-state index contributed by atoms with van der Waals surface area (Å²) in [5.41, 5.74) is 0. The second-order valence-corrected chi connectivity index (χ2v) is 4.06. The van der Waals surface area contributed by atoms with E-state index >= 15 is 0 Å². The van der Waals surface area contributed by atoms with Crippen LogP contribution in [0.5, 0.6) is 0 Å². The van der Waals surface area contributed by atoms with Crippen molar-refractivity contribution in [2.45, 2.75) is 25.7 Å². The lowest BCUT2D eigenvalue weighted by molar-refractivity contribution is 0.138. The molecule has 0 aromatic heterocycles. The third-order valence-electron chi connectivity index (χ3n) is 3.26. The van der Waals surface area contributed by atoms with Gasteiger partial charge in [-0.05, 0) is 50.6 Å². The molecule has 2 atom stereocenters. The SMILES string of the molecule is C1COCCC(C2CCNC2)C1. The number of ether oxygens (including phenoxy) is 1. The van der Waals surface area contributed by atoms with Gasteiger partial charge in [0.1, 0.15) is 0 Å². The van der Waals surface area contributed by atoms with Crippen LogP contribution in [0.15, 0.2) is 0 Å². The monoisotopic (exact) mass is 169 g/mol. The maximum absolute atomic E-state index is 5.46. The van der Waals surface area contributed by atoms with Gasteiger partial charge in [-0.1, -0.05) is 0 Å². The molecule has 0 aliphatic carbocycles. The largest absolute Gasteiger partial charge is 0.381 e. The summed E-state index contributed by atoms with van der Waals surface area (Å²) in [6.45, 7) is 4.49. The van der Waals surface area contributed by atoms with E-state index < -0.39 is 0 Å². The Kier molecular flexibility index (Phi) is 3.01. The Labute approximate surface area is 74.7 Å². The van der Waals surface area contributed by atoms with Crippen LogP contribution in [0.4, 0.5) is 0 Å². The Morgan fingerprint density at radius 3 is 2.83 bits per heavy atom. The average Bonchev–Trinajstić information content (AvgIpc) is 2.48. The number of hydrogen-bond donors (Lipinski definition) is 1. The first kappa shape index (κ1) is 8.52. The predicted octanol–water partition coefficient (Wildman–Crippen LogP) is 1.41. The van der Waals surface area contributed by atoms with Crippen LogP contribution in [0.2, 0.25) is 0 Å². The highest BCUT2D eigenvalue weighted by molar-refractivity contribution is 4.79. The minimum absolute atomic E-state index is 0.947. The zero-order valence-corrected chi connectivity index (χ0v) is 7.72. The van der Waals surface area contributed by atoms with Gasteiger partial charge < -0.3 is 10.1 Å². The van der Waals surface area contributed by atoms with Crippen molar-refractivity contribution in [2.75, 3.05) is 26.3 Å². The molecule has 0 spiro atoms. The molecule has 2 heterocycles. The molecule has 0 aromatic carbocycles. The molecular weight excluding hydrogens is 150 g/mol. The van der Waals surface area contributed by atoms with E-state index in [1.54, 1.807) is 0 Å². The van der Waals surface area contributed by atoms with E-state index in [2.05, 4.69) is 5.32 Å². The predicted molar refractivity (Wildman–Crippen MR) is 49.1 cm³/mol. The van der Waals surface area contributed by atoms with Crippen LogP contribution in [0.3, 0.4) is 0 Å². The molecule has 0 radical (unpaired) electrons. The van der Waals surface area contributed by atoms with Crippen LogP contribution >= 0.6 is 0 Å². The third kappa shape index (κ3) is 1.99. The van der Waals surface area contributed by atoms with Gasteiger partial charge in [0.25, 0.3) is 0 Å². The lowest BCUT2D eigenvalue weighted by atomic mass is 9.86. The van der Waals surface area contributed by atoms with E-state index in [-0.39, 0.29) is 0 Å². The highest BCUT2D eigenvalue weighted by Gasteiger charge is 2.25. The van der Waals surface area contributed by atoms with Crippen LogP contribution in [-0.4, -0.2) is 26.3 Å². The molecule has 2 aliphatic heterocycles. The van der Waals surface area contributed by atoms with E-state index in [1.807, 2.05) is 0 Å². The smallest absolute Gasteiger partial charge is 0.0468 e. The molecule has 2 fully saturated rings. The summed E-state index contributed by atoms with van der Waals surface area (Å²) in [4.78, 5) is 0. The van der Waals surface area contributed by atoms with Gasteiger partial charge in [0, 0.05) is 13.2 Å². The van der Waals surface area contributed by atoms with Crippen molar-refractivity contribution in [3.8, 4) is 0 Å². The van der Waals surface area contributed by atoms with Crippen LogP contribution < -0.4 is 5.32 Å². The van der Waals surface area contributed by atoms with Crippen molar-refractivity contribution < 1.29 is 4.74 Å². The Balaban J connectivity index is 1.83. The van der Waals surface area contributed by atoms with Gasteiger partial charge in [-0.2, -0.15) is 0 Å². The number of rotatable bonds is 1. The van der Waals surface area contributed by atoms with E-state index in [0.717, 1.165) is 25.0 Å². The summed E-state index contributed by atoms with van der Waals surface area (Å²) in [6.07, 6.45) is 5.37. The molecule has 12 heavy (non-hydrogen) atoms. The molecule has 2 heteroatoms. The summed E-state index contributed by atoms with van der Waals surface area (Å²) in [5.74, 6) is 1.90. The molecule has 0 bridgehead atoms. The van der Waals surface area contributed by atoms with Crippen molar-refractivity contribution in [3.05, 3.63) is 0 Å². The minimum Gasteiger partial charge on any atom is -0.381 e. The topological polar surface area (TPSA) is 21.3 Å². The standard InChI is InChI=1S/C10H19NO/c1-2-9(4-7-12-6-1)10-3-5-11-8-10/h9-11H,1-8H2. The van der Waals surface area contributed by atoms with Gasteiger partial charge in [0.15, 0.2) is 0 Å². The Hall–Kier alpha value is -0.0800. The van der Waals surface area contributed by atoms with Crippen LogP contribution in [0, 0.1) is 11.8 Å². The van der Waals surface area contributed by atoms with Crippen molar-refractivity contribution in [1.29, 1.82) is 0 Å². The van der Waals surface area contributed by atoms with Crippen LogP contribution in [0.25, 0.3) is 0 Å². The zero-order valence-electron chi connectivity index (χ0n) is 7.72. The fraction of sp³-hybridized carbons (Fsp3) is 1.00. The summed E-state index contributed by atoms with van der Waals surface area (Å²) < 4.78 is 5.46. The van der Waals surface area contributed by atoms with Crippen LogP contribution in [-0.2, 0) is 4.74 Å². The van der Waals surface area contributed by atoms with Crippen molar-refractivity contribution in [2.24, 2.45) is 11.8 Å². The molecular formula is C10H19NO. The van der Waals surface area contributed by atoms with E-state index in [1.165, 1.54) is 38.8 Å². The first-order chi connectivity index (χ1) is 5.97. The summed E-state index contributed by atoms with van der Waals surface area (Å²) >= 11 is 0. The summed E-state index contributed by atoms with van der Waals surface area (Å²) in [7, 11) is 0. The lowest BCUT2D eigenvalue weighted by Crippen LogP contribution is -2.18. The quantitative estimate of drug-likeness (QED) is 0.641. The third-order valence-corrected chi connectivity index (χ3v) is 3.26. The van der Waals surface area contributed by atoms with Gasteiger partial charge >= 0.3 is 0 Å². The fourth-order valence-corrected chi connectivity index (χ4v) is 2.48. The first-order valence-electron chi connectivity index (χ1n) is 5.25. The molecule has 2 unspecified atom stereocenters. The maximum atomic E-state index is 5.46. The molecule has 0 amide bonds. The normalized spacial score (nSPS) is 38.0. The zero-order chi connectivity index (χ0) is 8.23. The number of hydrogen-bond acceptors (Lipinski definition) is 2. The molecule has 0 aromatic rings. The van der Waals surface area contributed by atoms with Crippen molar-refractivity contribution in [1.82, 2.24) is 5.32 Å². The van der Waals surface area contributed by atoms with Crippen LogP contribution in [0.1, 0.15) is 25.7 Å². The second-order valence-electron chi connectivity index (χ2n) is 4.06. The fourth-order valence-electron chi connectivity index (χ4n) is 2.48. The second kappa shape index (κ2) is 4.24. The molecule has 70 valence electrons. The first-order valence-corrected chi connectivity index (χ1v) is 5.25. The Morgan fingerprint density at radius 2 is 2.00 bits per heavy atom. The van der Waals surface area contributed by atoms with Gasteiger partial charge in [0.05, 0.1) is 0 Å². The minimum atomic E-state index is 0.947. The average molecular weight is 169 g/mol. The van der Waals surface area contributed by atoms with Crippen molar-refractivity contribution in [3.63, 3.8) is 0 Å².